The number of halogens is 1. The highest BCUT2D eigenvalue weighted by Gasteiger charge is 1.83. The maximum atomic E-state index is 7.25. The molecule has 0 saturated carbocycles. The molecule has 0 aliphatic carbocycles. The number of hydrogen-bond acceptors (Lipinski definition) is 1. The van der Waals surface area contributed by atoms with Gasteiger partial charge in [0.2, 0.25) is 0 Å². The second-order valence-electron chi connectivity index (χ2n) is 0.949. The van der Waals surface area contributed by atoms with Crippen molar-refractivity contribution in [1.29, 1.82) is 0 Å². The Morgan fingerprint density at radius 3 is 3.43 bits per heavy atom. The van der Waals surface area contributed by atoms with E-state index in [0.29, 0.717) is 4.68 Å². The van der Waals surface area contributed by atoms with E-state index in [1.54, 1.807) is 0 Å². The molecule has 0 amide bonds. The summed E-state index contributed by atoms with van der Waals surface area (Å²) >= 11 is 2.88. The average molecular weight is 166 g/mol. The van der Waals surface area contributed by atoms with Gasteiger partial charge in [0.05, 0.1) is 13.4 Å². The number of rotatable bonds is 0. The van der Waals surface area contributed by atoms with Crippen LogP contribution in [0.15, 0.2) is 16.8 Å². The van der Waals surface area contributed by atoms with Crippen LogP contribution in [-0.4, -0.2) is 9.78 Å². The normalized spacial score (nSPS) is 21.6. The number of aryl methyl sites for hydroxylation is 1. The summed E-state index contributed by atoms with van der Waals surface area (Å²) in [6.07, 6.45) is -0.545. The van der Waals surface area contributed by atoms with Crippen molar-refractivity contribution in [3.05, 3.63) is 16.8 Å². The third kappa shape index (κ3) is 1.03. The molecule has 0 fully saturated rings. The Morgan fingerprint density at radius 2 is 3.14 bits per heavy atom. The first-order valence-corrected chi connectivity index (χ1v) is 2.35. The van der Waals surface area contributed by atoms with Gasteiger partial charge in [-0.05, 0) is 15.9 Å². The maximum Gasteiger partial charge on any atom is 0.0872 e. The van der Waals surface area contributed by atoms with Crippen LogP contribution >= 0.6 is 15.9 Å². The van der Waals surface area contributed by atoms with Crippen LogP contribution in [0.1, 0.15) is 6.85 Å². The van der Waals surface area contributed by atoms with Gasteiger partial charge in [0.1, 0.15) is 0 Å². The van der Waals surface area contributed by atoms with Gasteiger partial charge in [-0.15, -0.1) is 0 Å². The molecule has 1 aromatic heterocycles. The van der Waals surface area contributed by atoms with Gasteiger partial charge in [0.15, 0.2) is 0 Å². The molecule has 0 saturated heterocycles. The fourth-order valence-corrected chi connectivity index (χ4v) is 0.484. The van der Waals surface area contributed by atoms with Crippen LogP contribution in [0.2, 0.25) is 0 Å². The third-order valence-corrected chi connectivity index (χ3v) is 0.807. The van der Waals surface area contributed by atoms with Gasteiger partial charge in [0, 0.05) is 17.3 Å². The predicted molar refractivity (Wildman–Crippen MR) is 30.9 cm³/mol. The Bertz CT molecular complexity index is 303. The number of nitrogens with zero attached hydrogens (tertiary/aromatic N) is 2. The predicted octanol–water partition coefficient (Wildman–Crippen LogP) is 1.18. The van der Waals surface area contributed by atoms with E-state index in [1.807, 2.05) is 0 Å². The second-order valence-corrected chi connectivity index (χ2v) is 1.74. The van der Waals surface area contributed by atoms with Crippen LogP contribution in [0.25, 0.3) is 0 Å². The van der Waals surface area contributed by atoms with Crippen molar-refractivity contribution in [3.8, 4) is 0 Å². The number of hydrogen-bond donors (Lipinski definition) is 0. The van der Waals surface area contributed by atoms with Crippen LogP contribution in [-0.2, 0) is 6.98 Å². The van der Waals surface area contributed by atoms with Crippen molar-refractivity contribution < 1.29 is 6.85 Å². The molecule has 0 radical (unpaired) electrons. The van der Waals surface area contributed by atoms with Gasteiger partial charge in [-0.25, -0.2) is 0 Å². The molecule has 0 spiro atoms. The second kappa shape index (κ2) is 1.66. The monoisotopic (exact) mass is 165 g/mol. The Balaban J connectivity index is 3.28. The van der Waals surface area contributed by atoms with E-state index in [2.05, 4.69) is 21.0 Å². The summed E-state index contributed by atoms with van der Waals surface area (Å²) in [5.41, 5.74) is 0. The van der Waals surface area contributed by atoms with Crippen LogP contribution < -0.4 is 0 Å². The van der Waals surface area contributed by atoms with Crippen molar-refractivity contribution in [2.45, 2.75) is 0 Å². The van der Waals surface area contributed by atoms with Gasteiger partial charge >= 0.3 is 0 Å². The van der Waals surface area contributed by atoms with E-state index < -0.39 is 6.98 Å². The zero-order chi connectivity index (χ0) is 9.52. The van der Waals surface area contributed by atoms with Gasteiger partial charge < -0.3 is 0 Å². The van der Waals surface area contributed by atoms with Crippen molar-refractivity contribution in [3.63, 3.8) is 0 Å². The molecule has 0 unspecified atom stereocenters. The molecule has 38 valence electrons. The molecule has 0 atom stereocenters. The smallest absolute Gasteiger partial charge is 0.0872 e. The summed E-state index contributed by atoms with van der Waals surface area (Å²) < 4.78 is 35.8. The maximum absolute atomic E-state index is 7.25. The fourth-order valence-electron chi connectivity index (χ4n) is 0.237. The average Bonchev–Trinajstić information content (AvgIpc) is 2.15. The van der Waals surface area contributed by atoms with E-state index in [0.717, 1.165) is 0 Å². The lowest BCUT2D eigenvalue weighted by atomic mass is 10.8. The summed E-state index contributed by atoms with van der Waals surface area (Å²) in [5.74, 6) is 0. The van der Waals surface area contributed by atoms with Gasteiger partial charge in [0.25, 0.3) is 0 Å². The summed E-state index contributed by atoms with van der Waals surface area (Å²) in [6, 6.07) is 0. The molecule has 0 aliphatic rings. The summed E-state index contributed by atoms with van der Waals surface area (Å²) in [4.78, 5) is 0. The first-order valence-electron chi connectivity index (χ1n) is 4.06. The highest BCUT2D eigenvalue weighted by Crippen LogP contribution is 2.03. The first-order chi connectivity index (χ1) is 5.34. The van der Waals surface area contributed by atoms with Crippen molar-refractivity contribution >= 4 is 15.9 Å². The molecule has 1 rings (SSSR count). The van der Waals surface area contributed by atoms with Gasteiger partial charge in [-0.3, -0.25) is 4.68 Å². The fraction of sp³-hybridized carbons (Fsp3) is 0.250. The highest BCUT2D eigenvalue weighted by molar-refractivity contribution is 9.10. The summed E-state index contributed by atoms with van der Waals surface area (Å²) in [6.45, 7) is -2.49. The van der Waals surface area contributed by atoms with Crippen LogP contribution in [0.5, 0.6) is 0 Å². The van der Waals surface area contributed by atoms with Crippen LogP contribution in [0.3, 0.4) is 0 Å². The Morgan fingerprint density at radius 1 is 2.29 bits per heavy atom. The zero-order valence-electron chi connectivity index (χ0n) is 8.27. The SMILES string of the molecule is [2H]c1nn(C([2H])([2H])[2H])c([2H])c1Br. The lowest BCUT2D eigenvalue weighted by molar-refractivity contribution is 0.767. The van der Waals surface area contributed by atoms with Gasteiger partial charge in [-0.1, -0.05) is 0 Å². The zero-order valence-corrected chi connectivity index (χ0v) is 4.86. The molecular formula is C4H5BrN2. The Kier molecular flexibility index (Phi) is 0.375. The summed E-state index contributed by atoms with van der Waals surface area (Å²) in [5, 5.41) is 3.37. The minimum atomic E-state index is -2.49. The third-order valence-electron chi connectivity index (χ3n) is 0.452. The number of aromatic nitrogens is 2. The molecule has 0 N–H and O–H groups in total. The molecule has 0 aliphatic heterocycles. The van der Waals surface area contributed by atoms with E-state index in [9.17, 15) is 0 Å². The minimum Gasteiger partial charge on any atom is -0.275 e. The molecule has 0 bridgehead atoms. The van der Waals surface area contributed by atoms with E-state index >= 15 is 0 Å². The molecule has 3 heteroatoms. The van der Waals surface area contributed by atoms with Crippen LogP contribution in [0, 0.1) is 0 Å². The Labute approximate surface area is 57.3 Å². The largest absolute Gasteiger partial charge is 0.275 e. The summed E-state index contributed by atoms with van der Waals surface area (Å²) in [7, 11) is 0. The minimum absolute atomic E-state index is 0.0959. The first kappa shape index (κ1) is 1.58. The van der Waals surface area contributed by atoms with Crippen molar-refractivity contribution in [2.24, 2.45) is 6.98 Å². The van der Waals surface area contributed by atoms with E-state index in [-0.39, 0.29) is 16.8 Å². The molecule has 0 aromatic carbocycles. The van der Waals surface area contributed by atoms with Crippen molar-refractivity contribution in [2.75, 3.05) is 0 Å². The van der Waals surface area contributed by atoms with Crippen LogP contribution in [0.4, 0.5) is 0 Å². The highest BCUT2D eigenvalue weighted by atomic mass is 79.9. The molecule has 2 nitrogen and oxygen atoms in total. The molecule has 1 aromatic rings. The quantitative estimate of drug-likeness (QED) is 0.565. The molecular weight excluding hydrogens is 156 g/mol. The topological polar surface area (TPSA) is 17.8 Å². The van der Waals surface area contributed by atoms with Crippen molar-refractivity contribution in [1.82, 2.24) is 9.78 Å². The molecule has 1 heterocycles. The van der Waals surface area contributed by atoms with Gasteiger partial charge in [-0.2, -0.15) is 5.10 Å². The molecule has 7 heavy (non-hydrogen) atoms. The standard InChI is InChI=1S/C4H5BrN2/c1-7-3-4(5)2-6-7/h2-3H,1H3/i1D3,2D,3D. The Hall–Kier alpha value is -0.310. The lowest BCUT2D eigenvalue weighted by Crippen LogP contribution is -1.83. The lowest BCUT2D eigenvalue weighted by Gasteiger charge is -1.77. The van der Waals surface area contributed by atoms with E-state index in [1.165, 1.54) is 0 Å². The van der Waals surface area contributed by atoms with E-state index in [4.69, 9.17) is 6.85 Å².